The molecule has 7 heterocycles. The molecule has 17 nitrogen and oxygen atoms in total. The number of aromatic amines is 2. The molecule has 4 aliphatic rings. The molecule has 4 amide bonds. The number of benzene rings is 2. The van der Waals surface area contributed by atoms with Gasteiger partial charge in [0.2, 0.25) is 11.8 Å². The van der Waals surface area contributed by atoms with E-state index in [0.29, 0.717) is 18.9 Å². The first-order valence-electron chi connectivity index (χ1n) is 23.3. The normalized spacial score (nSPS) is 22.1. The van der Waals surface area contributed by atoms with E-state index in [2.05, 4.69) is 78.9 Å². The van der Waals surface area contributed by atoms with E-state index < -0.39 is 24.3 Å². The summed E-state index contributed by atoms with van der Waals surface area (Å²) in [6.45, 7) is 10.7. The SMILES string of the molecule is COC(=O)N[C@H](C(=O)N1CCC[C@H]1c1nc2cc([C@H]3CC[C@H](c4ccc5[nH]c([C@@H]6CCCN6C(=O)[C@@H](NC(=O)O)C(C)C)nc5c4)N3c3ccc(N4CCCC4)nc3)ccc2[nH]1)C(C)C. The molecule has 5 aromatic rings. The van der Waals surface area contributed by atoms with E-state index in [1.54, 1.807) is 4.90 Å². The first-order valence-corrected chi connectivity index (χ1v) is 23.3. The fourth-order valence-electron chi connectivity index (χ4n) is 10.6. The van der Waals surface area contributed by atoms with Gasteiger partial charge in [-0.05, 0) is 111 Å². The van der Waals surface area contributed by atoms with E-state index in [4.69, 9.17) is 19.7 Å². The monoisotopic (exact) mass is 887 g/mol. The molecule has 6 atom stereocenters. The number of nitrogens with zero attached hydrogens (tertiary/aromatic N) is 7. The van der Waals surface area contributed by atoms with Crippen LogP contribution >= 0.6 is 0 Å². The third-order valence-electron chi connectivity index (χ3n) is 14.0. The summed E-state index contributed by atoms with van der Waals surface area (Å²) in [6.07, 6.45) is 7.43. The van der Waals surface area contributed by atoms with Gasteiger partial charge in [-0.2, -0.15) is 0 Å². The number of rotatable bonds is 12. The van der Waals surface area contributed by atoms with E-state index >= 15 is 0 Å². The molecule has 65 heavy (non-hydrogen) atoms. The maximum absolute atomic E-state index is 13.9. The van der Waals surface area contributed by atoms with E-state index in [1.807, 2.05) is 38.8 Å². The molecule has 5 N–H and O–H groups in total. The van der Waals surface area contributed by atoms with Gasteiger partial charge in [0.15, 0.2) is 0 Å². The van der Waals surface area contributed by atoms with Gasteiger partial charge >= 0.3 is 12.2 Å². The number of amides is 4. The minimum atomic E-state index is -1.21. The highest BCUT2D eigenvalue weighted by Crippen LogP contribution is 2.48. The van der Waals surface area contributed by atoms with Crippen LogP contribution in [-0.2, 0) is 14.3 Å². The maximum Gasteiger partial charge on any atom is 0.407 e. The van der Waals surface area contributed by atoms with Gasteiger partial charge in [-0.3, -0.25) is 9.59 Å². The van der Waals surface area contributed by atoms with Gasteiger partial charge in [-0.15, -0.1) is 0 Å². The lowest BCUT2D eigenvalue weighted by Gasteiger charge is -2.33. The lowest BCUT2D eigenvalue weighted by atomic mass is 10.0. The lowest BCUT2D eigenvalue weighted by Crippen LogP contribution is -2.51. The molecule has 0 bridgehead atoms. The minimum absolute atomic E-state index is 0.0124. The predicted molar refractivity (Wildman–Crippen MR) is 246 cm³/mol. The van der Waals surface area contributed by atoms with Crippen molar-refractivity contribution in [3.05, 3.63) is 77.5 Å². The quantitative estimate of drug-likeness (QED) is 0.0829. The number of alkyl carbamates (subject to hydrolysis) is 1. The maximum atomic E-state index is 13.9. The lowest BCUT2D eigenvalue weighted by molar-refractivity contribution is -0.136. The van der Waals surface area contributed by atoms with Crippen molar-refractivity contribution >= 4 is 57.6 Å². The largest absolute Gasteiger partial charge is 0.465 e. The van der Waals surface area contributed by atoms with Crippen LogP contribution in [0.15, 0.2) is 54.7 Å². The number of ether oxygens (including phenoxy) is 1. The summed E-state index contributed by atoms with van der Waals surface area (Å²) in [5, 5.41) is 14.6. The number of hydrogen-bond acceptors (Lipinski definition) is 10. The average molecular weight is 888 g/mol. The van der Waals surface area contributed by atoms with Gasteiger partial charge in [-0.25, -0.2) is 24.5 Å². The summed E-state index contributed by atoms with van der Waals surface area (Å²) in [5.41, 5.74) is 6.72. The zero-order valence-corrected chi connectivity index (χ0v) is 37.9. The standard InChI is InChI=1S/C48H61N11O6/c1-27(2)41(54-47(62)63)45(60)57-22-8-10-38(57)43-50-32-15-12-29(24-34(32)52-43)36-17-18-37(59(36)31-14-19-40(49-26-31)56-20-6-7-21-56)30-13-16-33-35(25-30)53-44(51-33)39-11-9-23-58(39)46(61)42(28(3)4)55-48(64)65-5/h12-16,19,24-28,36-39,41-42,54H,6-11,17-18,20-23H2,1-5H3,(H,50,52)(H,51,53)(H,55,64)(H,62,63)/t36-,37-,38+,39+,41+,42+/m1/s1. The molecule has 0 aliphatic carbocycles. The molecule has 17 heteroatoms. The predicted octanol–water partition coefficient (Wildman–Crippen LogP) is 7.52. The van der Waals surface area contributed by atoms with Crippen LogP contribution in [-0.4, -0.2) is 109 Å². The Bertz CT molecular complexity index is 2550. The van der Waals surface area contributed by atoms with Gasteiger partial charge in [0, 0.05) is 26.2 Å². The Balaban J connectivity index is 1.01. The van der Waals surface area contributed by atoms with Crippen LogP contribution in [0.25, 0.3) is 22.1 Å². The molecule has 344 valence electrons. The molecule has 0 unspecified atom stereocenters. The number of fused-ring (bicyclic) bond motifs is 2. The van der Waals surface area contributed by atoms with Crippen LogP contribution in [0.2, 0.25) is 0 Å². The Hall–Kier alpha value is -6.39. The highest BCUT2D eigenvalue weighted by Gasteiger charge is 2.40. The summed E-state index contributed by atoms with van der Waals surface area (Å²) in [5.74, 6) is 1.73. The molecule has 4 aliphatic heterocycles. The summed E-state index contributed by atoms with van der Waals surface area (Å²) in [7, 11) is 1.30. The van der Waals surface area contributed by atoms with Gasteiger partial charge in [0.25, 0.3) is 0 Å². The van der Waals surface area contributed by atoms with Crippen molar-refractivity contribution in [1.29, 1.82) is 0 Å². The van der Waals surface area contributed by atoms with Crippen molar-refractivity contribution < 1.29 is 29.0 Å². The molecule has 2 aromatic carbocycles. The smallest absolute Gasteiger partial charge is 0.407 e. The number of imidazole rings is 2. The van der Waals surface area contributed by atoms with Crippen molar-refractivity contribution in [2.24, 2.45) is 11.8 Å². The fourth-order valence-corrected chi connectivity index (χ4v) is 10.6. The third kappa shape index (κ3) is 8.64. The molecule has 0 saturated carbocycles. The summed E-state index contributed by atoms with van der Waals surface area (Å²) in [4.78, 5) is 82.1. The molecule has 9 rings (SSSR count). The molecule has 4 fully saturated rings. The molecule has 4 saturated heterocycles. The first kappa shape index (κ1) is 43.8. The minimum Gasteiger partial charge on any atom is -0.465 e. The molecule has 0 radical (unpaired) electrons. The van der Waals surface area contributed by atoms with Crippen molar-refractivity contribution in [2.45, 2.75) is 115 Å². The van der Waals surface area contributed by atoms with E-state index in [9.17, 15) is 24.3 Å². The van der Waals surface area contributed by atoms with Gasteiger partial charge in [0.05, 0.1) is 65.2 Å². The van der Waals surface area contributed by atoms with Gasteiger partial charge in [0.1, 0.15) is 29.6 Å². The van der Waals surface area contributed by atoms with Crippen LogP contribution in [0.5, 0.6) is 0 Å². The molecule has 3 aromatic heterocycles. The van der Waals surface area contributed by atoms with Crippen LogP contribution in [0, 0.1) is 11.8 Å². The zero-order chi connectivity index (χ0) is 45.5. The number of carboxylic acid groups (broad SMARTS) is 1. The van der Waals surface area contributed by atoms with Crippen molar-refractivity contribution in [3.8, 4) is 0 Å². The molecular weight excluding hydrogens is 827 g/mol. The Morgan fingerprint density at radius 3 is 1.66 bits per heavy atom. The van der Waals surface area contributed by atoms with Crippen molar-refractivity contribution in [1.82, 2.24) is 45.4 Å². The topological polar surface area (TPSA) is 205 Å². The second-order valence-corrected chi connectivity index (χ2v) is 18.8. The Labute approximate surface area is 378 Å². The van der Waals surface area contributed by atoms with E-state index in [0.717, 1.165) is 102 Å². The highest BCUT2D eigenvalue weighted by atomic mass is 16.5. The Morgan fingerprint density at radius 2 is 1.20 bits per heavy atom. The number of hydrogen-bond donors (Lipinski definition) is 5. The number of methoxy groups -OCH3 is 1. The van der Waals surface area contributed by atoms with Crippen LogP contribution in [0.3, 0.4) is 0 Å². The van der Waals surface area contributed by atoms with Gasteiger partial charge in [-0.1, -0.05) is 39.8 Å². The highest BCUT2D eigenvalue weighted by molar-refractivity contribution is 5.87. The number of likely N-dealkylation sites (tertiary alicyclic amines) is 2. The van der Waals surface area contributed by atoms with Crippen LogP contribution in [0.1, 0.15) is 126 Å². The number of anilines is 2. The summed E-state index contributed by atoms with van der Waals surface area (Å²) in [6, 6.07) is 15.1. The van der Waals surface area contributed by atoms with E-state index in [-0.39, 0.29) is 47.8 Å². The number of nitrogens with one attached hydrogen (secondary N) is 4. The van der Waals surface area contributed by atoms with Crippen LogP contribution < -0.4 is 20.4 Å². The molecular formula is C48H61N11O6. The van der Waals surface area contributed by atoms with Gasteiger partial charge < -0.3 is 50.0 Å². The zero-order valence-electron chi connectivity index (χ0n) is 37.9. The third-order valence-corrected chi connectivity index (χ3v) is 14.0. The Morgan fingerprint density at radius 1 is 0.677 bits per heavy atom. The van der Waals surface area contributed by atoms with Crippen molar-refractivity contribution in [2.75, 3.05) is 43.1 Å². The second kappa shape index (κ2) is 18.2. The molecule has 0 spiro atoms. The number of carbonyl (C=O) groups is 4. The first-order chi connectivity index (χ1) is 31.4. The average Bonchev–Trinajstić information content (AvgIpc) is 4.16. The number of H-pyrrole nitrogens is 2. The van der Waals surface area contributed by atoms with Crippen LogP contribution in [0.4, 0.5) is 21.1 Å². The van der Waals surface area contributed by atoms with E-state index in [1.165, 1.54) is 20.0 Å². The summed E-state index contributed by atoms with van der Waals surface area (Å²) < 4.78 is 4.83. The number of pyridine rings is 1. The number of carbonyl (C=O) groups excluding carboxylic acids is 3. The second-order valence-electron chi connectivity index (χ2n) is 18.8. The van der Waals surface area contributed by atoms with Crippen molar-refractivity contribution in [3.63, 3.8) is 0 Å². The Kier molecular flexibility index (Phi) is 12.3. The fraction of sp³-hybridized carbons (Fsp3) is 0.521. The number of aromatic nitrogens is 5. The summed E-state index contributed by atoms with van der Waals surface area (Å²) >= 11 is 0.